The Balaban J connectivity index is 1.39. The lowest BCUT2D eigenvalue weighted by atomic mass is 10.00. The van der Waals surface area contributed by atoms with Gasteiger partial charge in [0.15, 0.2) is 0 Å². The Labute approximate surface area is 211 Å². The molecule has 0 saturated carbocycles. The summed E-state index contributed by atoms with van der Waals surface area (Å²) in [6, 6.07) is 0.868. The van der Waals surface area contributed by atoms with Crippen molar-refractivity contribution in [2.75, 3.05) is 26.2 Å². The van der Waals surface area contributed by atoms with Crippen LogP contribution in [0.3, 0.4) is 0 Å². The number of hydrogen-bond acceptors (Lipinski definition) is 6. The highest BCUT2D eigenvalue weighted by molar-refractivity contribution is 7.20. The number of carbonyl (C=O) groups is 2. The molecule has 0 aliphatic carbocycles. The first-order valence-corrected chi connectivity index (χ1v) is 14.0. The van der Waals surface area contributed by atoms with Gasteiger partial charge in [0.25, 0.3) is 11.5 Å². The van der Waals surface area contributed by atoms with E-state index in [0.29, 0.717) is 33.2 Å². The summed E-state index contributed by atoms with van der Waals surface area (Å²) in [5.74, 6) is -0.203. The minimum Gasteiger partial charge on any atom is -0.351 e. The van der Waals surface area contributed by atoms with Crippen LogP contribution in [0.4, 0.5) is 0 Å². The van der Waals surface area contributed by atoms with E-state index in [1.807, 2.05) is 4.90 Å². The topological polar surface area (TPSA) is 87.5 Å². The fraction of sp³-hybridized carbons (Fsp3) is 0.692. The van der Waals surface area contributed by atoms with Crippen molar-refractivity contribution in [2.24, 2.45) is 0 Å². The highest BCUT2D eigenvalue weighted by atomic mass is 32.1. The van der Waals surface area contributed by atoms with E-state index in [4.69, 9.17) is 0 Å². The van der Waals surface area contributed by atoms with E-state index in [0.717, 1.165) is 45.3 Å². The smallest absolute Gasteiger partial charge is 0.262 e. The molecule has 8 nitrogen and oxygen atoms in total. The molecule has 2 amide bonds. The number of carbonyl (C=O) groups excluding carboxylic acids is 2. The Morgan fingerprint density at radius 2 is 1.94 bits per heavy atom. The molecular formula is C26H39N5O3S. The number of fused-ring (bicyclic) bond motifs is 1. The Kier molecular flexibility index (Phi) is 8.59. The van der Waals surface area contributed by atoms with Crippen LogP contribution in [0.1, 0.15) is 80.4 Å². The number of amides is 2. The maximum Gasteiger partial charge on any atom is 0.262 e. The van der Waals surface area contributed by atoms with E-state index in [1.54, 1.807) is 6.92 Å². The average Bonchev–Trinajstić information content (AvgIpc) is 3.21. The summed E-state index contributed by atoms with van der Waals surface area (Å²) in [6.07, 6.45) is 10.5. The molecule has 0 unspecified atom stereocenters. The van der Waals surface area contributed by atoms with Crippen molar-refractivity contribution < 1.29 is 9.59 Å². The van der Waals surface area contributed by atoms with Crippen LogP contribution in [0.2, 0.25) is 0 Å². The summed E-state index contributed by atoms with van der Waals surface area (Å²) in [6.45, 7) is 9.60. The van der Waals surface area contributed by atoms with E-state index in [9.17, 15) is 14.4 Å². The molecule has 0 aromatic carbocycles. The second-order valence-corrected chi connectivity index (χ2v) is 11.0. The van der Waals surface area contributed by atoms with Gasteiger partial charge in [-0.1, -0.05) is 13.3 Å². The van der Waals surface area contributed by atoms with E-state index >= 15 is 0 Å². The molecule has 2 aliphatic rings. The first kappa shape index (κ1) is 25.8. The van der Waals surface area contributed by atoms with Gasteiger partial charge in [-0.25, -0.2) is 4.98 Å². The van der Waals surface area contributed by atoms with Crippen molar-refractivity contribution in [3.8, 4) is 0 Å². The molecule has 2 fully saturated rings. The summed E-state index contributed by atoms with van der Waals surface area (Å²) in [5, 5.41) is 3.48. The maximum absolute atomic E-state index is 13.2. The van der Waals surface area contributed by atoms with Gasteiger partial charge in [-0.05, 0) is 70.9 Å². The second kappa shape index (κ2) is 11.6. The number of aromatic nitrogens is 2. The molecule has 1 N–H and O–H groups in total. The molecule has 4 heterocycles. The highest BCUT2D eigenvalue weighted by Gasteiger charge is 2.25. The lowest BCUT2D eigenvalue weighted by Crippen LogP contribution is -2.44. The highest BCUT2D eigenvalue weighted by Crippen LogP contribution is 2.27. The van der Waals surface area contributed by atoms with Gasteiger partial charge < -0.3 is 15.1 Å². The molecule has 9 heteroatoms. The summed E-state index contributed by atoms with van der Waals surface area (Å²) < 4.78 is 1.39. The van der Waals surface area contributed by atoms with Gasteiger partial charge in [0.1, 0.15) is 11.4 Å². The van der Waals surface area contributed by atoms with Crippen molar-refractivity contribution >= 4 is 33.4 Å². The number of nitrogens with zero attached hydrogens (tertiary/aromatic N) is 4. The largest absolute Gasteiger partial charge is 0.351 e. The van der Waals surface area contributed by atoms with Gasteiger partial charge in [-0.3, -0.25) is 19.0 Å². The van der Waals surface area contributed by atoms with E-state index < -0.39 is 0 Å². The molecule has 2 atom stereocenters. The summed E-state index contributed by atoms with van der Waals surface area (Å²) in [4.78, 5) is 48.9. The van der Waals surface area contributed by atoms with Crippen molar-refractivity contribution in [3.05, 3.63) is 27.1 Å². The molecule has 0 radical (unpaired) electrons. The van der Waals surface area contributed by atoms with Gasteiger partial charge in [0.2, 0.25) is 5.91 Å². The molecule has 192 valence electrons. The van der Waals surface area contributed by atoms with Crippen molar-refractivity contribution in [2.45, 2.75) is 90.8 Å². The van der Waals surface area contributed by atoms with Crippen LogP contribution in [-0.4, -0.2) is 69.4 Å². The fourth-order valence-corrected chi connectivity index (χ4v) is 6.63. The summed E-state index contributed by atoms with van der Waals surface area (Å²) in [7, 11) is 0. The third kappa shape index (κ3) is 5.77. The van der Waals surface area contributed by atoms with Gasteiger partial charge >= 0.3 is 0 Å². The quantitative estimate of drug-likeness (QED) is 0.559. The number of nitrogens with one attached hydrogen (secondary N) is 1. The number of likely N-dealkylation sites (tertiary alicyclic amines) is 2. The summed E-state index contributed by atoms with van der Waals surface area (Å²) in [5.41, 5.74) is 0.395. The van der Waals surface area contributed by atoms with E-state index in [-0.39, 0.29) is 30.0 Å². The SMILES string of the molecule is CC[C@@H]1CCCCN1CCCNC(=O)c1sc2ncn(CC(=O)N3CCCC[C@H]3C)c(=O)c2c1C. The Hall–Kier alpha value is -2.26. The molecule has 2 aromatic rings. The molecular weight excluding hydrogens is 462 g/mol. The zero-order valence-electron chi connectivity index (χ0n) is 21.3. The van der Waals surface area contributed by atoms with Crippen LogP contribution in [0, 0.1) is 6.92 Å². The maximum atomic E-state index is 13.2. The van der Waals surface area contributed by atoms with Crippen LogP contribution in [0.15, 0.2) is 11.1 Å². The standard InChI is InChI=1S/C26H39N5O3S/c1-4-20-11-6-7-13-29(20)14-9-12-27-24(33)23-19(3)22-25(35-23)28-17-30(26(22)34)16-21(32)31-15-8-5-10-18(31)2/h17-18,20H,4-16H2,1-3H3,(H,27,33)/t18-,20-/m1/s1. The number of rotatable bonds is 8. The normalized spacial score (nSPS) is 21.4. The molecule has 35 heavy (non-hydrogen) atoms. The van der Waals surface area contributed by atoms with E-state index in [1.165, 1.54) is 47.9 Å². The van der Waals surface area contributed by atoms with Crippen molar-refractivity contribution in [3.63, 3.8) is 0 Å². The van der Waals surface area contributed by atoms with Gasteiger partial charge in [0, 0.05) is 31.7 Å². The van der Waals surface area contributed by atoms with Crippen molar-refractivity contribution in [1.82, 2.24) is 24.7 Å². The van der Waals surface area contributed by atoms with Crippen LogP contribution in [-0.2, 0) is 11.3 Å². The number of piperidine rings is 2. The minimum absolute atomic E-state index is 0.0157. The molecule has 2 aromatic heterocycles. The zero-order valence-corrected chi connectivity index (χ0v) is 22.2. The number of thiophene rings is 1. The van der Waals surface area contributed by atoms with Crippen molar-refractivity contribution in [1.29, 1.82) is 0 Å². The Morgan fingerprint density at radius 1 is 1.17 bits per heavy atom. The molecule has 2 saturated heterocycles. The third-order valence-corrected chi connectivity index (χ3v) is 8.88. The van der Waals surface area contributed by atoms with Crippen LogP contribution >= 0.6 is 11.3 Å². The van der Waals surface area contributed by atoms with E-state index in [2.05, 4.69) is 29.0 Å². The molecule has 0 bridgehead atoms. The van der Waals surface area contributed by atoms with Crippen LogP contribution in [0.5, 0.6) is 0 Å². The Morgan fingerprint density at radius 3 is 2.71 bits per heavy atom. The van der Waals surface area contributed by atoms with Gasteiger partial charge in [-0.2, -0.15) is 0 Å². The minimum atomic E-state index is -0.253. The zero-order chi connectivity index (χ0) is 24.9. The van der Waals surface area contributed by atoms with Crippen LogP contribution < -0.4 is 10.9 Å². The lowest BCUT2D eigenvalue weighted by Gasteiger charge is -2.35. The Bertz CT molecular complexity index is 1110. The van der Waals surface area contributed by atoms with Crippen LogP contribution in [0.25, 0.3) is 10.2 Å². The first-order chi connectivity index (χ1) is 16.9. The molecule has 2 aliphatic heterocycles. The predicted molar refractivity (Wildman–Crippen MR) is 140 cm³/mol. The lowest BCUT2D eigenvalue weighted by molar-refractivity contribution is -0.135. The monoisotopic (exact) mass is 501 g/mol. The predicted octanol–water partition coefficient (Wildman–Crippen LogP) is 3.55. The third-order valence-electron chi connectivity index (χ3n) is 7.68. The molecule has 0 spiro atoms. The fourth-order valence-electron chi connectivity index (χ4n) is 5.57. The van der Waals surface area contributed by atoms with Gasteiger partial charge in [-0.15, -0.1) is 11.3 Å². The molecule has 4 rings (SSSR count). The number of aryl methyl sites for hydroxylation is 1. The second-order valence-electron chi connectivity index (χ2n) is 10.0. The first-order valence-electron chi connectivity index (χ1n) is 13.2. The number of hydrogen-bond donors (Lipinski definition) is 1. The average molecular weight is 502 g/mol. The summed E-state index contributed by atoms with van der Waals surface area (Å²) >= 11 is 1.25. The van der Waals surface area contributed by atoms with Gasteiger partial charge in [0.05, 0.1) is 16.6 Å².